The van der Waals surface area contributed by atoms with Crippen LogP contribution < -0.4 is 21.5 Å². The van der Waals surface area contributed by atoms with Crippen LogP contribution in [-0.4, -0.2) is 38.9 Å². The van der Waals surface area contributed by atoms with Crippen LogP contribution in [0.5, 0.6) is 0 Å². The quantitative estimate of drug-likeness (QED) is 0.115. The number of anilines is 1. The first-order valence-electron chi connectivity index (χ1n) is 15.7. The Hall–Kier alpha value is -4.83. The molecular formula is C37H36N2O9S3. The van der Waals surface area contributed by atoms with Gasteiger partial charge in [-0.25, -0.2) is 0 Å². The Bertz CT molecular complexity index is 2530. The summed E-state index contributed by atoms with van der Waals surface area (Å²) in [6.07, 6.45) is 1.11. The van der Waals surface area contributed by atoms with E-state index in [2.05, 4.69) is 5.32 Å². The van der Waals surface area contributed by atoms with E-state index < -0.39 is 30.4 Å². The van der Waals surface area contributed by atoms with Gasteiger partial charge in [0, 0.05) is 22.5 Å². The van der Waals surface area contributed by atoms with Crippen molar-refractivity contribution in [1.29, 1.82) is 0 Å². The van der Waals surface area contributed by atoms with Gasteiger partial charge in [-0.05, 0) is 88.0 Å². The topological polar surface area (TPSA) is 201 Å². The van der Waals surface area contributed by atoms with Gasteiger partial charge in [0.15, 0.2) is 0 Å². The number of hydrogen-bond acceptors (Lipinski definition) is 8. The lowest BCUT2D eigenvalue weighted by molar-refractivity contribution is 0.480. The van der Waals surface area contributed by atoms with Crippen LogP contribution in [-0.2, 0) is 36.8 Å². The molecule has 5 aromatic carbocycles. The summed E-state index contributed by atoms with van der Waals surface area (Å²) in [6.45, 7) is 3.80. The minimum atomic E-state index is -4.62. The number of hydrogen-bond donors (Lipinski definition) is 5. The molecular weight excluding hydrogens is 713 g/mol. The summed E-state index contributed by atoms with van der Waals surface area (Å²) >= 11 is 0. The van der Waals surface area contributed by atoms with Gasteiger partial charge >= 0.3 is 0 Å². The first-order chi connectivity index (χ1) is 24.0. The third-order valence-electron chi connectivity index (χ3n) is 8.47. The number of rotatable bonds is 11. The molecule has 5 aromatic rings. The van der Waals surface area contributed by atoms with E-state index in [0.29, 0.717) is 51.2 Å². The van der Waals surface area contributed by atoms with Crippen molar-refractivity contribution >= 4 is 47.3 Å². The molecule has 266 valence electrons. The fourth-order valence-electron chi connectivity index (χ4n) is 5.86. The van der Waals surface area contributed by atoms with Gasteiger partial charge in [-0.1, -0.05) is 86.6 Å². The first-order valence-corrected chi connectivity index (χ1v) is 20.1. The Morgan fingerprint density at radius 2 is 1.22 bits per heavy atom. The maximum absolute atomic E-state index is 12.5. The zero-order chi connectivity index (χ0) is 37.1. The second-order valence-electron chi connectivity index (χ2n) is 11.7. The highest BCUT2D eigenvalue weighted by molar-refractivity contribution is 7.86. The normalized spacial score (nSPS) is 12.6. The van der Waals surface area contributed by atoms with Gasteiger partial charge in [0.25, 0.3) is 30.4 Å². The van der Waals surface area contributed by atoms with E-state index in [-0.39, 0.29) is 26.3 Å². The third kappa shape index (κ3) is 8.56. The number of aryl methyl sites for hydroxylation is 1. The maximum atomic E-state index is 12.5. The monoisotopic (exact) mass is 748 g/mol. The molecule has 1 unspecified atom stereocenters. The van der Waals surface area contributed by atoms with Crippen LogP contribution in [0.3, 0.4) is 0 Å². The summed E-state index contributed by atoms with van der Waals surface area (Å²) in [6, 6.07) is 30.4. The highest BCUT2D eigenvalue weighted by Gasteiger charge is 2.20. The molecule has 11 nitrogen and oxygen atoms in total. The van der Waals surface area contributed by atoms with Gasteiger partial charge in [-0.3, -0.25) is 13.7 Å². The van der Waals surface area contributed by atoms with Gasteiger partial charge in [0.2, 0.25) is 0 Å². The lowest BCUT2D eigenvalue weighted by atomic mass is 9.94. The molecule has 5 rings (SSSR count). The summed E-state index contributed by atoms with van der Waals surface area (Å²) in [7, 11) is -13.3. The first kappa shape index (κ1) is 37.4. The fourth-order valence-corrected chi connectivity index (χ4v) is 7.57. The van der Waals surface area contributed by atoms with E-state index in [0.717, 1.165) is 11.3 Å². The molecule has 0 saturated heterocycles. The average Bonchev–Trinajstić information content (AvgIpc) is 3.10. The van der Waals surface area contributed by atoms with Crippen molar-refractivity contribution in [3.63, 3.8) is 0 Å². The minimum Gasteiger partial charge on any atom is -0.398 e. The molecule has 0 aliphatic rings. The second kappa shape index (κ2) is 14.8. The largest absolute Gasteiger partial charge is 0.398 e. The van der Waals surface area contributed by atoms with Crippen LogP contribution in [0.2, 0.25) is 0 Å². The van der Waals surface area contributed by atoms with Gasteiger partial charge in [0.1, 0.15) is 4.90 Å². The molecule has 0 bridgehead atoms. The number of benzene rings is 5. The molecule has 51 heavy (non-hydrogen) atoms. The zero-order valence-electron chi connectivity index (χ0n) is 27.6. The van der Waals surface area contributed by atoms with E-state index in [9.17, 15) is 38.9 Å². The molecule has 0 amide bonds. The van der Waals surface area contributed by atoms with Crippen LogP contribution in [0, 0.1) is 0 Å². The summed E-state index contributed by atoms with van der Waals surface area (Å²) in [4.78, 5) is -0.709. The highest BCUT2D eigenvalue weighted by Crippen LogP contribution is 2.30. The summed E-state index contributed by atoms with van der Waals surface area (Å²) in [5.41, 5.74) is 11.1. The molecule has 0 heterocycles. The van der Waals surface area contributed by atoms with E-state index >= 15 is 0 Å². The predicted octanol–water partition coefficient (Wildman–Crippen LogP) is 4.91. The van der Waals surface area contributed by atoms with Crippen molar-refractivity contribution in [3.8, 4) is 0 Å². The third-order valence-corrected chi connectivity index (χ3v) is 11.1. The van der Waals surface area contributed by atoms with Crippen molar-refractivity contribution in [1.82, 2.24) is 0 Å². The fraction of sp³-hybridized carbons (Fsp3) is 0.135. The maximum Gasteiger partial charge on any atom is 0.295 e. The standard InChI is InChI=1S/C37H36N2O9S3/c1-3-24-23-31(50(43,44)45)21-22-32(24)37(38)28-11-9-26(10-12-28)36(33-7-5-6-8-35(33)51(46,47)48)27-13-17-29(18-14-27)39-34(4-2)25-15-19-30(20-16-25)49(40,41)42/h5-23,34,39H,3-4,38H2,1-2H3,(H,40,41,42)(H,43,44,45)(H,46,47,48). The predicted molar refractivity (Wildman–Crippen MR) is 195 cm³/mol. The smallest absolute Gasteiger partial charge is 0.295 e. The molecule has 0 radical (unpaired) electrons. The van der Waals surface area contributed by atoms with Crippen molar-refractivity contribution in [2.75, 3.05) is 5.32 Å². The van der Waals surface area contributed by atoms with E-state index in [4.69, 9.17) is 5.73 Å². The van der Waals surface area contributed by atoms with Crippen LogP contribution in [0.4, 0.5) is 5.69 Å². The summed E-state index contributed by atoms with van der Waals surface area (Å²) in [5.74, 6) is 0. The van der Waals surface area contributed by atoms with Crippen molar-refractivity contribution in [3.05, 3.63) is 154 Å². The van der Waals surface area contributed by atoms with Crippen molar-refractivity contribution in [2.24, 2.45) is 5.73 Å². The number of nitrogens with one attached hydrogen (secondary N) is 1. The molecule has 14 heteroatoms. The molecule has 0 aromatic heterocycles. The van der Waals surface area contributed by atoms with E-state index in [1.165, 1.54) is 36.4 Å². The van der Waals surface area contributed by atoms with Crippen molar-refractivity contribution in [2.45, 2.75) is 47.4 Å². The molecule has 1 atom stereocenters. The minimum absolute atomic E-state index is 0.193. The Morgan fingerprint density at radius 3 is 1.76 bits per heavy atom. The van der Waals surface area contributed by atoms with Crippen LogP contribution in [0.15, 0.2) is 130 Å². The molecule has 6 N–H and O–H groups in total. The van der Waals surface area contributed by atoms with Gasteiger partial charge < -0.3 is 11.1 Å². The molecule has 0 spiro atoms. The van der Waals surface area contributed by atoms with Crippen LogP contribution >= 0.6 is 0 Å². The summed E-state index contributed by atoms with van der Waals surface area (Å²) in [5, 5.41) is 4.65. The highest BCUT2D eigenvalue weighted by atomic mass is 32.2. The van der Waals surface area contributed by atoms with Crippen LogP contribution in [0.1, 0.15) is 54.1 Å². The Labute approximate surface area is 297 Å². The van der Waals surface area contributed by atoms with Gasteiger partial charge in [0.05, 0.1) is 15.8 Å². The molecule has 0 aliphatic heterocycles. The lowest BCUT2D eigenvalue weighted by Gasteiger charge is -2.20. The SMILES string of the molecule is CCc1cc(S(=O)(=O)O)ccc1C(N)=c1ccc(=C(c2ccc(NC(CC)c3ccc(S(=O)(=O)O)cc3)cc2)c2ccccc2S(=O)(=O)O)cc1. The molecule has 0 aliphatic carbocycles. The van der Waals surface area contributed by atoms with Gasteiger partial charge in [-0.2, -0.15) is 25.3 Å². The van der Waals surface area contributed by atoms with Crippen molar-refractivity contribution < 1.29 is 38.9 Å². The Kier molecular flexibility index (Phi) is 10.9. The van der Waals surface area contributed by atoms with Gasteiger partial charge in [-0.15, -0.1) is 0 Å². The van der Waals surface area contributed by atoms with Crippen LogP contribution in [0.25, 0.3) is 11.3 Å². The average molecular weight is 749 g/mol. The van der Waals surface area contributed by atoms with E-state index in [1.54, 1.807) is 54.6 Å². The molecule has 0 fully saturated rings. The zero-order valence-corrected chi connectivity index (χ0v) is 30.0. The Morgan fingerprint density at radius 1 is 0.647 bits per heavy atom. The second-order valence-corrected chi connectivity index (χ2v) is 15.9. The summed E-state index contributed by atoms with van der Waals surface area (Å²) < 4.78 is 100. The lowest BCUT2D eigenvalue weighted by Crippen LogP contribution is -2.19. The van der Waals surface area contributed by atoms with E-state index in [1.807, 2.05) is 38.1 Å². The Balaban J connectivity index is 1.60. The number of nitrogens with two attached hydrogens (primary N) is 1. The molecule has 0 saturated carbocycles.